The Morgan fingerprint density at radius 1 is 1.32 bits per heavy atom. The summed E-state index contributed by atoms with van der Waals surface area (Å²) in [6, 6.07) is 5.54. The van der Waals surface area contributed by atoms with Crippen LogP contribution in [0, 0.1) is 5.82 Å². The number of benzene rings is 1. The number of carbonyl (C=O) groups excluding carboxylic acids is 2. The van der Waals surface area contributed by atoms with Crippen molar-refractivity contribution >= 4 is 44.1 Å². The molecule has 0 bridgehead atoms. The number of nitrogens with one attached hydrogen (secondary N) is 1. The average molecular weight is 343 g/mol. The summed E-state index contributed by atoms with van der Waals surface area (Å²) < 4.78 is 13.6. The molecule has 19 heavy (non-hydrogen) atoms. The highest BCUT2D eigenvalue weighted by atomic mass is 79.9. The normalized spacial score (nSPS) is 10.2. The van der Waals surface area contributed by atoms with Gasteiger partial charge in [0.25, 0.3) is 11.8 Å². The number of anilines is 1. The molecule has 7 heteroatoms. The first-order chi connectivity index (χ1) is 8.99. The van der Waals surface area contributed by atoms with Gasteiger partial charge in [-0.2, -0.15) is 0 Å². The molecule has 0 saturated carbocycles. The van der Waals surface area contributed by atoms with Crippen LogP contribution in [0.4, 0.5) is 9.39 Å². The van der Waals surface area contributed by atoms with E-state index in [1.54, 1.807) is 5.38 Å². The van der Waals surface area contributed by atoms with E-state index in [0.29, 0.717) is 5.00 Å². The highest BCUT2D eigenvalue weighted by molar-refractivity contribution is 9.10. The van der Waals surface area contributed by atoms with Crippen molar-refractivity contribution in [1.29, 1.82) is 0 Å². The van der Waals surface area contributed by atoms with Crippen molar-refractivity contribution < 1.29 is 14.0 Å². The van der Waals surface area contributed by atoms with E-state index in [2.05, 4.69) is 21.2 Å². The number of hydrogen-bond donors (Lipinski definition) is 2. The lowest BCUT2D eigenvalue weighted by Gasteiger charge is -2.05. The summed E-state index contributed by atoms with van der Waals surface area (Å²) in [7, 11) is 0. The first kappa shape index (κ1) is 13.7. The molecule has 0 saturated heterocycles. The Morgan fingerprint density at radius 3 is 2.68 bits per heavy atom. The van der Waals surface area contributed by atoms with E-state index in [0.717, 1.165) is 6.07 Å². The highest BCUT2D eigenvalue weighted by Gasteiger charge is 2.14. The van der Waals surface area contributed by atoms with Crippen LogP contribution < -0.4 is 11.1 Å². The number of nitrogens with two attached hydrogens (primary N) is 1. The molecule has 1 aromatic carbocycles. The number of halogens is 2. The summed E-state index contributed by atoms with van der Waals surface area (Å²) in [5, 5.41) is 4.52. The van der Waals surface area contributed by atoms with E-state index < -0.39 is 17.6 Å². The fourth-order valence-electron chi connectivity index (χ4n) is 1.41. The van der Waals surface area contributed by atoms with E-state index in [4.69, 9.17) is 5.73 Å². The van der Waals surface area contributed by atoms with Gasteiger partial charge in [0.15, 0.2) is 0 Å². The predicted molar refractivity (Wildman–Crippen MR) is 74.9 cm³/mol. The summed E-state index contributed by atoms with van der Waals surface area (Å²) >= 11 is 4.18. The predicted octanol–water partition coefficient (Wildman–Crippen LogP) is 3.00. The molecule has 0 unspecified atom stereocenters. The van der Waals surface area contributed by atoms with Crippen LogP contribution in [-0.4, -0.2) is 11.8 Å². The van der Waals surface area contributed by atoms with E-state index in [-0.39, 0.29) is 15.6 Å². The van der Waals surface area contributed by atoms with Crippen molar-refractivity contribution in [2.24, 2.45) is 5.73 Å². The summed E-state index contributed by atoms with van der Waals surface area (Å²) in [6.45, 7) is 0. The molecular formula is C12H8BrFN2O2S. The van der Waals surface area contributed by atoms with E-state index >= 15 is 0 Å². The number of thiophene rings is 1. The molecule has 0 radical (unpaired) electrons. The monoisotopic (exact) mass is 342 g/mol. The first-order valence-corrected chi connectivity index (χ1v) is 6.80. The Kier molecular flexibility index (Phi) is 3.96. The zero-order valence-electron chi connectivity index (χ0n) is 9.44. The van der Waals surface area contributed by atoms with Crippen molar-refractivity contribution in [3.8, 4) is 0 Å². The van der Waals surface area contributed by atoms with Crippen molar-refractivity contribution in [2.75, 3.05) is 5.32 Å². The molecule has 2 aromatic rings. The average Bonchev–Trinajstić information content (AvgIpc) is 2.80. The number of primary amides is 1. The number of carbonyl (C=O) groups is 2. The Morgan fingerprint density at radius 2 is 2.05 bits per heavy atom. The maximum atomic E-state index is 13.3. The van der Waals surface area contributed by atoms with Crippen LogP contribution in [0.25, 0.3) is 0 Å². The minimum atomic E-state index is -0.626. The smallest absolute Gasteiger partial charge is 0.256 e. The molecule has 0 aliphatic carbocycles. The molecule has 0 spiro atoms. The van der Waals surface area contributed by atoms with Gasteiger partial charge in [0, 0.05) is 5.56 Å². The van der Waals surface area contributed by atoms with Crippen LogP contribution in [0.15, 0.2) is 34.1 Å². The zero-order valence-corrected chi connectivity index (χ0v) is 11.8. The van der Waals surface area contributed by atoms with Crippen LogP contribution in [0.5, 0.6) is 0 Å². The minimum absolute atomic E-state index is 0.157. The largest absolute Gasteiger partial charge is 0.366 e. The van der Waals surface area contributed by atoms with Gasteiger partial charge in [-0.05, 0) is 45.6 Å². The van der Waals surface area contributed by atoms with Crippen molar-refractivity contribution in [3.05, 3.63) is 51.1 Å². The molecule has 2 rings (SSSR count). The van der Waals surface area contributed by atoms with Crippen LogP contribution in [0.1, 0.15) is 20.7 Å². The van der Waals surface area contributed by atoms with Gasteiger partial charge in [0.05, 0.1) is 10.0 Å². The molecule has 0 fully saturated rings. The topological polar surface area (TPSA) is 72.2 Å². The fraction of sp³-hybridized carbons (Fsp3) is 0. The number of hydrogen-bond acceptors (Lipinski definition) is 3. The van der Waals surface area contributed by atoms with Crippen LogP contribution in [0.3, 0.4) is 0 Å². The molecule has 1 aromatic heterocycles. The van der Waals surface area contributed by atoms with Crippen LogP contribution in [0.2, 0.25) is 0 Å². The van der Waals surface area contributed by atoms with Crippen molar-refractivity contribution in [1.82, 2.24) is 0 Å². The highest BCUT2D eigenvalue weighted by Crippen LogP contribution is 2.24. The lowest BCUT2D eigenvalue weighted by Crippen LogP contribution is -2.16. The summed E-state index contributed by atoms with van der Waals surface area (Å²) in [5.41, 5.74) is 5.56. The van der Waals surface area contributed by atoms with Gasteiger partial charge in [0.2, 0.25) is 0 Å². The Labute approximate surface area is 120 Å². The third-order valence-electron chi connectivity index (χ3n) is 2.34. The maximum absolute atomic E-state index is 13.3. The van der Waals surface area contributed by atoms with Crippen molar-refractivity contribution in [2.45, 2.75) is 0 Å². The second kappa shape index (κ2) is 5.50. The standard InChI is InChI=1S/C12H8BrFN2O2S/c13-8-2-1-6(5-9(8)14)11(18)16-12-7(10(15)17)3-4-19-12/h1-5H,(H2,15,17)(H,16,18). The third-order valence-corrected chi connectivity index (χ3v) is 3.81. The van der Waals surface area contributed by atoms with Gasteiger partial charge in [-0.25, -0.2) is 4.39 Å². The maximum Gasteiger partial charge on any atom is 0.256 e. The molecular weight excluding hydrogens is 335 g/mol. The zero-order chi connectivity index (χ0) is 14.0. The lowest BCUT2D eigenvalue weighted by molar-refractivity contribution is 0.100. The Balaban J connectivity index is 2.23. The fourth-order valence-corrected chi connectivity index (χ4v) is 2.45. The molecule has 98 valence electrons. The number of amides is 2. The van der Waals surface area contributed by atoms with Gasteiger partial charge in [0.1, 0.15) is 10.8 Å². The van der Waals surface area contributed by atoms with E-state index in [1.807, 2.05) is 0 Å². The van der Waals surface area contributed by atoms with Gasteiger partial charge >= 0.3 is 0 Å². The van der Waals surface area contributed by atoms with E-state index in [9.17, 15) is 14.0 Å². The lowest BCUT2D eigenvalue weighted by atomic mass is 10.2. The molecule has 1 heterocycles. The van der Waals surface area contributed by atoms with Crippen LogP contribution >= 0.6 is 27.3 Å². The van der Waals surface area contributed by atoms with Crippen LogP contribution in [-0.2, 0) is 0 Å². The molecule has 2 amide bonds. The third kappa shape index (κ3) is 2.99. The molecule has 4 nitrogen and oxygen atoms in total. The minimum Gasteiger partial charge on any atom is -0.366 e. The first-order valence-electron chi connectivity index (χ1n) is 5.12. The summed E-state index contributed by atoms with van der Waals surface area (Å²) in [4.78, 5) is 23.0. The second-order valence-corrected chi connectivity index (χ2v) is 5.38. The molecule has 0 atom stereocenters. The Bertz CT molecular complexity index is 657. The molecule has 0 aliphatic heterocycles. The second-order valence-electron chi connectivity index (χ2n) is 3.61. The van der Waals surface area contributed by atoms with Gasteiger partial charge in [-0.15, -0.1) is 11.3 Å². The molecule has 3 N–H and O–H groups in total. The van der Waals surface area contributed by atoms with Gasteiger partial charge in [-0.1, -0.05) is 0 Å². The SMILES string of the molecule is NC(=O)c1ccsc1NC(=O)c1ccc(Br)c(F)c1. The Hall–Kier alpha value is -1.73. The quantitative estimate of drug-likeness (QED) is 0.899. The van der Waals surface area contributed by atoms with Gasteiger partial charge < -0.3 is 11.1 Å². The number of rotatable bonds is 3. The molecule has 0 aliphatic rings. The van der Waals surface area contributed by atoms with E-state index in [1.165, 1.54) is 29.5 Å². The summed E-state index contributed by atoms with van der Waals surface area (Å²) in [6.07, 6.45) is 0. The summed E-state index contributed by atoms with van der Waals surface area (Å²) in [5.74, 6) is -1.66. The van der Waals surface area contributed by atoms with Crippen molar-refractivity contribution in [3.63, 3.8) is 0 Å². The van der Waals surface area contributed by atoms with Gasteiger partial charge in [-0.3, -0.25) is 9.59 Å².